The molecule has 5 heteroatoms. The second-order valence-electron chi connectivity index (χ2n) is 7.63. The van der Waals surface area contributed by atoms with Crippen molar-refractivity contribution in [2.24, 2.45) is 0 Å². The number of nitrogens with zero attached hydrogens (tertiary/aromatic N) is 1. The zero-order chi connectivity index (χ0) is 17.5. The number of rotatable bonds is 9. The third-order valence-electron chi connectivity index (χ3n) is 4.59. The summed E-state index contributed by atoms with van der Waals surface area (Å²) in [5.41, 5.74) is 0.333. The summed E-state index contributed by atoms with van der Waals surface area (Å²) >= 11 is 1.55. The first-order valence-electron chi connectivity index (χ1n) is 8.63. The van der Waals surface area contributed by atoms with Gasteiger partial charge in [-0.1, -0.05) is 65.2 Å². The molecular weight excluding hydrogens is 325 g/mol. The minimum atomic E-state index is -1.81. The quantitative estimate of drug-likeness (QED) is 0.377. The maximum atomic E-state index is 10.2. The van der Waals surface area contributed by atoms with Crippen molar-refractivity contribution < 1.29 is 23.3 Å². The summed E-state index contributed by atoms with van der Waals surface area (Å²) in [6.07, 6.45) is 8.58. The molecule has 1 aromatic heterocycles. The Bertz CT molecular complexity index is 506. The molecule has 1 rings (SSSR count). The molecule has 0 radical (unpaired) electrons. The molecule has 24 heavy (non-hydrogen) atoms. The van der Waals surface area contributed by atoms with Crippen LogP contribution in [-0.4, -0.2) is 20.1 Å². The van der Waals surface area contributed by atoms with Gasteiger partial charge in [0.2, 0.25) is 0 Å². The molecule has 0 N–H and O–H groups in total. The zero-order valence-corrected chi connectivity index (χ0v) is 18.4. The van der Waals surface area contributed by atoms with Gasteiger partial charge in [-0.05, 0) is 36.0 Å². The van der Waals surface area contributed by atoms with Crippen molar-refractivity contribution >= 4 is 25.4 Å². The van der Waals surface area contributed by atoms with Gasteiger partial charge >= 0.3 is 18.9 Å². The molecule has 0 amide bonds. The van der Waals surface area contributed by atoms with Crippen LogP contribution in [0.15, 0.2) is 29.7 Å². The molecule has 1 aromatic rings. The Hall–Kier alpha value is -0.116. The minimum absolute atomic E-state index is 0. The third kappa shape index (κ3) is 7.84. The summed E-state index contributed by atoms with van der Waals surface area (Å²) in [7, 11) is -1.81. The molecular formula is C19H32LiNOSSi. The molecule has 130 valence electrons. The van der Waals surface area contributed by atoms with Crippen molar-refractivity contribution in [2.75, 3.05) is 0 Å². The maximum Gasteiger partial charge on any atom is 1.00 e. The van der Waals surface area contributed by atoms with E-state index in [1.165, 1.54) is 19.3 Å². The Morgan fingerprint density at radius 1 is 1.33 bits per heavy atom. The van der Waals surface area contributed by atoms with E-state index in [0.717, 1.165) is 11.3 Å². The van der Waals surface area contributed by atoms with Crippen molar-refractivity contribution in [3.05, 3.63) is 40.0 Å². The predicted octanol–water partition coefficient (Wildman–Crippen LogP) is 3.64. The number of unbranched alkanes of at least 4 members (excludes halogenated alkanes) is 2. The van der Waals surface area contributed by atoms with Crippen LogP contribution in [-0.2, 0) is 4.43 Å². The van der Waals surface area contributed by atoms with Crippen LogP contribution >= 0.6 is 11.3 Å². The van der Waals surface area contributed by atoms with E-state index in [0.29, 0.717) is 5.71 Å². The molecule has 0 fully saturated rings. The van der Waals surface area contributed by atoms with Crippen LogP contribution < -0.4 is 18.9 Å². The van der Waals surface area contributed by atoms with Gasteiger partial charge in [0.25, 0.3) is 0 Å². The monoisotopic (exact) mass is 357 g/mol. The van der Waals surface area contributed by atoms with Crippen LogP contribution in [0, 0.1) is 0 Å². The van der Waals surface area contributed by atoms with Gasteiger partial charge in [0.1, 0.15) is 0 Å². The average Bonchev–Trinajstić information content (AvgIpc) is 2.97. The summed E-state index contributed by atoms with van der Waals surface area (Å²) in [6.45, 7) is 13.6. The van der Waals surface area contributed by atoms with Gasteiger partial charge in [0, 0.05) is 4.88 Å². The first-order valence-corrected chi connectivity index (χ1v) is 12.4. The Kier molecular flexibility index (Phi) is 10.7. The molecule has 0 saturated heterocycles. The van der Waals surface area contributed by atoms with E-state index in [2.05, 4.69) is 40.8 Å². The summed E-state index contributed by atoms with van der Waals surface area (Å²) < 4.78 is 6.55. The first kappa shape index (κ1) is 23.9. The van der Waals surface area contributed by atoms with Crippen LogP contribution in [0.1, 0.15) is 58.3 Å². The molecule has 0 aliphatic carbocycles. The first-order chi connectivity index (χ1) is 10.7. The van der Waals surface area contributed by atoms with Gasteiger partial charge in [-0.15, -0.1) is 17.0 Å². The summed E-state index contributed by atoms with van der Waals surface area (Å²) in [4.78, 5) is 0.904. The van der Waals surface area contributed by atoms with Crippen LogP contribution in [0.3, 0.4) is 0 Å². The number of thiophene rings is 1. The van der Waals surface area contributed by atoms with Crippen molar-refractivity contribution in [3.8, 4) is 0 Å². The molecule has 0 aromatic carbocycles. The summed E-state index contributed by atoms with van der Waals surface area (Å²) in [6, 6.07) is 3.89. The smallest absolute Gasteiger partial charge is 0.803 e. The van der Waals surface area contributed by atoms with Crippen LogP contribution in [0.2, 0.25) is 18.1 Å². The maximum absolute atomic E-state index is 10.2. The second kappa shape index (κ2) is 10.8. The van der Waals surface area contributed by atoms with Crippen LogP contribution in [0.5, 0.6) is 0 Å². The zero-order valence-electron chi connectivity index (χ0n) is 16.6. The Balaban J connectivity index is 0.00000529. The largest absolute Gasteiger partial charge is 1.00 e. The molecule has 0 aliphatic rings. The van der Waals surface area contributed by atoms with E-state index in [1.54, 1.807) is 11.3 Å². The minimum Gasteiger partial charge on any atom is -0.803 e. The van der Waals surface area contributed by atoms with E-state index in [1.807, 2.05) is 29.7 Å². The van der Waals surface area contributed by atoms with Crippen LogP contribution in [0.4, 0.5) is 0 Å². The van der Waals surface area contributed by atoms with Gasteiger partial charge in [-0.3, -0.25) is 0 Å². The van der Waals surface area contributed by atoms with Crippen molar-refractivity contribution in [1.82, 2.24) is 0 Å². The SMILES string of the molecule is CCCCC[C@H](/C=C/C(=[N-])c1cccs1)O[Si](C)(C)C(C)(C)C.[Li+]. The van der Waals surface area contributed by atoms with Crippen LogP contribution in [0.25, 0.3) is 5.41 Å². The van der Waals surface area contributed by atoms with Crippen molar-refractivity contribution in [2.45, 2.75) is 77.6 Å². The van der Waals surface area contributed by atoms with E-state index in [4.69, 9.17) is 4.43 Å². The molecule has 2 nitrogen and oxygen atoms in total. The molecule has 0 aliphatic heterocycles. The third-order valence-corrected chi connectivity index (χ3v) is 9.98. The molecule has 0 saturated carbocycles. The molecule has 0 unspecified atom stereocenters. The molecule has 1 heterocycles. The summed E-state index contributed by atoms with van der Waals surface area (Å²) in [5, 5.41) is 12.4. The fourth-order valence-electron chi connectivity index (χ4n) is 2.05. The van der Waals surface area contributed by atoms with Gasteiger partial charge in [0.05, 0.1) is 6.10 Å². The van der Waals surface area contributed by atoms with Gasteiger partial charge in [-0.2, -0.15) is 0 Å². The van der Waals surface area contributed by atoms with E-state index < -0.39 is 8.32 Å². The van der Waals surface area contributed by atoms with E-state index >= 15 is 0 Å². The molecule has 0 bridgehead atoms. The summed E-state index contributed by atoms with van der Waals surface area (Å²) in [5.74, 6) is 0. The Morgan fingerprint density at radius 3 is 2.50 bits per heavy atom. The van der Waals surface area contributed by atoms with Gasteiger partial charge < -0.3 is 9.84 Å². The molecule has 0 spiro atoms. The Morgan fingerprint density at radius 2 is 2.00 bits per heavy atom. The van der Waals surface area contributed by atoms with Crippen molar-refractivity contribution in [3.63, 3.8) is 0 Å². The standard InChI is InChI=1S/C19H32NOSSi.Li/c1-7-8-9-11-16(21-23(5,6)19(2,3)4)13-14-17(20)18-12-10-15-22-18;/h10,12-16H,7-9,11H2,1-6H3;/q-1;+1/b14-13+;/t16-;/m1./s1. The predicted molar refractivity (Wildman–Crippen MR) is 107 cm³/mol. The van der Waals surface area contributed by atoms with E-state index in [9.17, 15) is 5.41 Å². The number of hydrogen-bond donors (Lipinski definition) is 0. The molecule has 1 atom stereocenters. The van der Waals surface area contributed by atoms with Crippen molar-refractivity contribution in [1.29, 1.82) is 0 Å². The Labute approximate surface area is 165 Å². The fourth-order valence-corrected chi connectivity index (χ4v) is 4.01. The normalized spacial score (nSPS) is 13.8. The topological polar surface area (TPSA) is 31.5 Å². The van der Waals surface area contributed by atoms with E-state index in [-0.39, 0.29) is 30.0 Å². The number of hydrogen-bond acceptors (Lipinski definition) is 2. The van der Waals surface area contributed by atoms with Gasteiger partial charge in [-0.25, -0.2) is 0 Å². The average molecular weight is 358 g/mol. The van der Waals surface area contributed by atoms with Gasteiger partial charge in [0.15, 0.2) is 8.32 Å². The fraction of sp³-hybridized carbons (Fsp3) is 0.632. The second-order valence-corrected chi connectivity index (χ2v) is 13.3. The number of allylic oxidation sites excluding steroid dienone is 1.